The quantitative estimate of drug-likeness (QED) is 0.412. The minimum atomic E-state index is -0.0634. The molecule has 0 amide bonds. The van der Waals surface area contributed by atoms with Crippen LogP contribution in [0.15, 0.2) is 0 Å². The van der Waals surface area contributed by atoms with Gasteiger partial charge >= 0.3 is 0 Å². The highest BCUT2D eigenvalue weighted by Crippen LogP contribution is 2.14. The molecule has 0 aromatic carbocycles. The maximum Gasteiger partial charge on any atom is 0.0565 e. The second-order valence-corrected chi connectivity index (χ2v) is 6.75. The van der Waals surface area contributed by atoms with Gasteiger partial charge in [-0.2, -0.15) is 0 Å². The zero-order chi connectivity index (χ0) is 17.2. The van der Waals surface area contributed by atoms with Crippen molar-refractivity contribution in [2.45, 2.75) is 111 Å². The standard InChI is InChI=1S/2C10H22O/c1-4-6-7-8-10(11)9(3)5-2;1-3-5-6-7-8-10(4-2)9-11/h9-11H,4-8H2,1-3H3;10-11H,3-9H2,1-2H3. The predicted molar refractivity (Wildman–Crippen MR) is 99.2 cm³/mol. The van der Waals surface area contributed by atoms with Crippen molar-refractivity contribution in [3.8, 4) is 0 Å². The lowest BCUT2D eigenvalue weighted by atomic mass is 9.97. The second kappa shape index (κ2) is 19.0. The molecule has 0 rings (SSSR count). The van der Waals surface area contributed by atoms with E-state index in [1.165, 1.54) is 51.4 Å². The van der Waals surface area contributed by atoms with Gasteiger partial charge in [0.1, 0.15) is 0 Å². The van der Waals surface area contributed by atoms with Crippen LogP contribution in [0.4, 0.5) is 0 Å². The molecule has 3 unspecified atom stereocenters. The molecule has 22 heavy (non-hydrogen) atoms. The Bertz CT molecular complexity index is 187. The van der Waals surface area contributed by atoms with Gasteiger partial charge in [-0.05, 0) is 24.7 Å². The highest BCUT2D eigenvalue weighted by molar-refractivity contribution is 4.62. The molecule has 0 saturated carbocycles. The summed E-state index contributed by atoms with van der Waals surface area (Å²) in [4.78, 5) is 0. The normalized spacial score (nSPS) is 14.9. The average Bonchev–Trinajstić information content (AvgIpc) is 2.55. The van der Waals surface area contributed by atoms with Gasteiger partial charge in [-0.3, -0.25) is 0 Å². The molecule has 0 aliphatic heterocycles. The Kier molecular flexibility index (Phi) is 20.8. The van der Waals surface area contributed by atoms with Crippen molar-refractivity contribution in [3.05, 3.63) is 0 Å². The third-order valence-electron chi connectivity index (χ3n) is 4.71. The molecular weight excluding hydrogens is 272 g/mol. The Morgan fingerprint density at radius 1 is 0.727 bits per heavy atom. The summed E-state index contributed by atoms with van der Waals surface area (Å²) in [6, 6.07) is 0. The van der Waals surface area contributed by atoms with Crippen LogP contribution in [0.3, 0.4) is 0 Å². The van der Waals surface area contributed by atoms with E-state index in [1.807, 2.05) is 0 Å². The van der Waals surface area contributed by atoms with E-state index < -0.39 is 0 Å². The van der Waals surface area contributed by atoms with E-state index in [2.05, 4.69) is 34.6 Å². The molecule has 0 fully saturated rings. The summed E-state index contributed by atoms with van der Waals surface area (Å²) >= 11 is 0. The molecule has 0 aromatic heterocycles. The predicted octanol–water partition coefficient (Wildman–Crippen LogP) is 5.95. The van der Waals surface area contributed by atoms with Gasteiger partial charge in [-0.25, -0.2) is 0 Å². The molecule has 3 atom stereocenters. The molecule has 0 aliphatic rings. The fourth-order valence-corrected chi connectivity index (χ4v) is 2.44. The van der Waals surface area contributed by atoms with E-state index in [9.17, 15) is 5.11 Å². The topological polar surface area (TPSA) is 40.5 Å². The molecule has 2 nitrogen and oxygen atoms in total. The van der Waals surface area contributed by atoms with Crippen molar-refractivity contribution in [2.24, 2.45) is 11.8 Å². The van der Waals surface area contributed by atoms with Crippen molar-refractivity contribution in [2.75, 3.05) is 6.61 Å². The number of hydrogen-bond donors (Lipinski definition) is 2. The maximum atomic E-state index is 9.54. The number of hydrogen-bond acceptors (Lipinski definition) is 2. The first-order valence-corrected chi connectivity index (χ1v) is 9.85. The van der Waals surface area contributed by atoms with Crippen molar-refractivity contribution in [1.29, 1.82) is 0 Å². The third-order valence-corrected chi connectivity index (χ3v) is 4.71. The first-order chi connectivity index (χ1) is 10.6. The van der Waals surface area contributed by atoms with Crippen LogP contribution in [0.2, 0.25) is 0 Å². The van der Waals surface area contributed by atoms with E-state index >= 15 is 0 Å². The molecule has 0 radical (unpaired) electrons. The van der Waals surface area contributed by atoms with E-state index in [0.29, 0.717) is 18.4 Å². The molecule has 0 aliphatic carbocycles. The van der Waals surface area contributed by atoms with Gasteiger partial charge < -0.3 is 10.2 Å². The third kappa shape index (κ3) is 16.3. The van der Waals surface area contributed by atoms with E-state index in [1.54, 1.807) is 0 Å². The highest BCUT2D eigenvalue weighted by atomic mass is 16.3. The highest BCUT2D eigenvalue weighted by Gasteiger charge is 2.10. The van der Waals surface area contributed by atoms with Gasteiger partial charge in [-0.1, -0.05) is 92.4 Å². The van der Waals surface area contributed by atoms with Crippen LogP contribution < -0.4 is 0 Å². The second-order valence-electron chi connectivity index (χ2n) is 6.75. The maximum absolute atomic E-state index is 9.54. The monoisotopic (exact) mass is 316 g/mol. The Morgan fingerprint density at radius 2 is 1.27 bits per heavy atom. The van der Waals surface area contributed by atoms with Gasteiger partial charge in [0.15, 0.2) is 0 Å². The van der Waals surface area contributed by atoms with Crippen LogP contribution in [0.5, 0.6) is 0 Å². The minimum Gasteiger partial charge on any atom is -0.396 e. The molecular formula is C20H44O2. The van der Waals surface area contributed by atoms with Crippen LogP contribution in [0.1, 0.15) is 105 Å². The summed E-state index contributed by atoms with van der Waals surface area (Å²) in [6.07, 6.45) is 13.3. The summed E-state index contributed by atoms with van der Waals surface area (Å²) in [7, 11) is 0. The van der Waals surface area contributed by atoms with Crippen LogP contribution in [0.25, 0.3) is 0 Å². The molecule has 0 bridgehead atoms. The smallest absolute Gasteiger partial charge is 0.0565 e. The van der Waals surface area contributed by atoms with Crippen molar-refractivity contribution >= 4 is 0 Å². The van der Waals surface area contributed by atoms with Gasteiger partial charge in [-0.15, -0.1) is 0 Å². The van der Waals surface area contributed by atoms with E-state index in [4.69, 9.17) is 5.11 Å². The van der Waals surface area contributed by atoms with Crippen LogP contribution in [-0.4, -0.2) is 22.9 Å². The van der Waals surface area contributed by atoms with Gasteiger partial charge in [0, 0.05) is 6.61 Å². The molecule has 0 aromatic rings. The molecule has 2 heteroatoms. The summed E-state index contributed by atoms with van der Waals surface area (Å²) in [5.41, 5.74) is 0. The number of unbranched alkanes of at least 4 members (excludes halogenated alkanes) is 5. The van der Waals surface area contributed by atoms with Gasteiger partial charge in [0.05, 0.1) is 6.10 Å². The molecule has 2 N–H and O–H groups in total. The van der Waals surface area contributed by atoms with Crippen molar-refractivity contribution in [3.63, 3.8) is 0 Å². The van der Waals surface area contributed by atoms with Crippen LogP contribution >= 0.6 is 0 Å². The summed E-state index contributed by atoms with van der Waals surface area (Å²) in [5, 5.41) is 18.4. The van der Waals surface area contributed by atoms with E-state index in [0.717, 1.165) is 19.3 Å². The molecule has 0 saturated heterocycles. The van der Waals surface area contributed by atoms with Gasteiger partial charge in [0.2, 0.25) is 0 Å². The number of aliphatic hydroxyl groups is 2. The Labute approximate surface area is 140 Å². The lowest BCUT2D eigenvalue weighted by Gasteiger charge is -2.16. The van der Waals surface area contributed by atoms with Crippen molar-refractivity contribution < 1.29 is 10.2 Å². The number of aliphatic hydroxyl groups excluding tert-OH is 2. The van der Waals surface area contributed by atoms with E-state index in [-0.39, 0.29) is 6.10 Å². The van der Waals surface area contributed by atoms with Crippen LogP contribution in [0, 0.1) is 11.8 Å². The first-order valence-electron chi connectivity index (χ1n) is 9.85. The summed E-state index contributed by atoms with van der Waals surface area (Å²) in [5.74, 6) is 1.04. The zero-order valence-corrected chi connectivity index (χ0v) is 16.1. The fourth-order valence-electron chi connectivity index (χ4n) is 2.44. The Balaban J connectivity index is 0. The number of rotatable bonds is 13. The summed E-state index contributed by atoms with van der Waals surface area (Å²) < 4.78 is 0. The Hall–Kier alpha value is -0.0800. The fraction of sp³-hybridized carbons (Fsp3) is 1.00. The largest absolute Gasteiger partial charge is 0.396 e. The lowest BCUT2D eigenvalue weighted by Crippen LogP contribution is -2.16. The Morgan fingerprint density at radius 3 is 1.73 bits per heavy atom. The SMILES string of the molecule is CCCCCC(O)C(C)CC.CCCCCCC(CC)CO. The first kappa shape index (κ1) is 24.2. The molecule has 0 heterocycles. The van der Waals surface area contributed by atoms with Crippen LogP contribution in [-0.2, 0) is 0 Å². The lowest BCUT2D eigenvalue weighted by molar-refractivity contribution is 0.103. The summed E-state index contributed by atoms with van der Waals surface area (Å²) in [6.45, 7) is 11.2. The molecule has 0 spiro atoms. The van der Waals surface area contributed by atoms with Gasteiger partial charge in [0.25, 0.3) is 0 Å². The zero-order valence-electron chi connectivity index (χ0n) is 16.1. The molecule has 136 valence electrons. The average molecular weight is 317 g/mol. The minimum absolute atomic E-state index is 0.0634. The van der Waals surface area contributed by atoms with Crippen molar-refractivity contribution in [1.82, 2.24) is 0 Å².